The quantitative estimate of drug-likeness (QED) is 0.499. The molecule has 0 atom stereocenters. The lowest BCUT2D eigenvalue weighted by molar-refractivity contribution is -0.920. The number of hydrogen-bond donors (Lipinski definition) is 0. The molecule has 0 spiro atoms. The van der Waals surface area contributed by atoms with Gasteiger partial charge in [0.15, 0.2) is 0 Å². The molecule has 116 valence electrons. The van der Waals surface area contributed by atoms with Gasteiger partial charge in [0.25, 0.3) is 0 Å². The van der Waals surface area contributed by atoms with E-state index < -0.39 is 0 Å². The molecule has 4 nitrogen and oxygen atoms in total. The van der Waals surface area contributed by atoms with Gasteiger partial charge in [-0.1, -0.05) is 72.8 Å². The summed E-state index contributed by atoms with van der Waals surface area (Å²) >= 11 is 0. The number of nitrogens with zero attached hydrogens (tertiary/aromatic N) is 1. The van der Waals surface area contributed by atoms with Crippen LogP contribution in [0.15, 0.2) is 84.9 Å². The number of hydrogen-bond acceptors (Lipinski definition) is 3. The lowest BCUT2D eigenvalue weighted by Crippen LogP contribution is -2.17. The Kier molecular flexibility index (Phi) is 3.56. The van der Waals surface area contributed by atoms with Crippen molar-refractivity contribution in [2.75, 3.05) is 0 Å². The van der Waals surface area contributed by atoms with E-state index in [1.165, 1.54) is 0 Å². The molecule has 0 aromatic heterocycles. The molecule has 0 amide bonds. The molecule has 0 N–H and O–H groups in total. The first-order chi connectivity index (χ1) is 11.8. The van der Waals surface area contributed by atoms with E-state index in [1.54, 1.807) is 12.1 Å². The van der Waals surface area contributed by atoms with Crippen LogP contribution in [-0.2, 0) is 0 Å². The van der Waals surface area contributed by atoms with Crippen molar-refractivity contribution < 1.29 is 14.8 Å². The van der Waals surface area contributed by atoms with E-state index in [4.69, 9.17) is 9.68 Å². The molecule has 24 heavy (non-hydrogen) atoms. The lowest BCUT2D eigenvalue weighted by atomic mass is 10.2. The van der Waals surface area contributed by atoms with Gasteiger partial charge in [-0.25, -0.2) is 0 Å². The van der Waals surface area contributed by atoms with Crippen LogP contribution in [0.3, 0.4) is 0 Å². The third-order valence-electron chi connectivity index (χ3n) is 3.85. The third kappa shape index (κ3) is 2.65. The predicted octanol–water partition coefficient (Wildman–Crippen LogP) is 4.96. The van der Waals surface area contributed by atoms with Crippen LogP contribution in [0.4, 0.5) is 0 Å². The summed E-state index contributed by atoms with van der Waals surface area (Å²) in [6, 6.07) is 26.5. The summed E-state index contributed by atoms with van der Waals surface area (Å²) in [5.74, 6) is 0.912. The Hall–Kier alpha value is -3.40. The van der Waals surface area contributed by atoms with Crippen LogP contribution in [0, 0.1) is 4.91 Å². The molecule has 4 aliphatic rings. The molecule has 0 aliphatic heterocycles. The largest absolute Gasteiger partial charge is 0.489 e. The summed E-state index contributed by atoms with van der Waals surface area (Å²) in [6.07, 6.45) is 0. The number of rotatable bonds is 4. The van der Waals surface area contributed by atoms with E-state index in [0.717, 1.165) is 22.3 Å². The summed E-state index contributed by atoms with van der Waals surface area (Å²) in [7, 11) is 0. The Morgan fingerprint density at radius 2 is 1.00 bits per heavy atom. The van der Waals surface area contributed by atoms with Gasteiger partial charge in [0.1, 0.15) is 4.91 Å². The molecular weight excluding hydrogens is 302 g/mol. The van der Waals surface area contributed by atoms with Crippen molar-refractivity contribution >= 4 is 0 Å². The van der Waals surface area contributed by atoms with E-state index in [1.807, 2.05) is 72.8 Å². The topological polar surface area (TPSA) is 38.5 Å². The van der Waals surface area contributed by atoms with Crippen LogP contribution in [0.25, 0.3) is 22.3 Å². The van der Waals surface area contributed by atoms with Gasteiger partial charge in [-0.15, -0.1) is 9.68 Å². The Labute approximate surface area is 139 Å². The van der Waals surface area contributed by atoms with Crippen molar-refractivity contribution in [3.05, 3.63) is 89.8 Å². The average molecular weight is 316 g/mol. The van der Waals surface area contributed by atoms with Crippen molar-refractivity contribution in [2.45, 2.75) is 0 Å². The van der Waals surface area contributed by atoms with Crippen molar-refractivity contribution in [1.29, 1.82) is 0 Å². The third-order valence-corrected chi connectivity index (χ3v) is 3.85. The van der Waals surface area contributed by atoms with E-state index in [2.05, 4.69) is 0 Å². The average Bonchev–Trinajstić information content (AvgIpc) is 2.94. The van der Waals surface area contributed by atoms with Crippen molar-refractivity contribution in [2.24, 2.45) is 0 Å². The molecular formula is C20H14NO3+. The molecule has 4 heteroatoms. The molecule has 0 saturated heterocycles. The minimum Gasteiger partial charge on any atom is -0.144 e. The standard InChI is InChI=1S/C20H14NO3/c22-21(23-19-13-11-15-7-3-1-5-9-17(15)19)24-20-14-12-16-8-4-2-6-10-18(16)20/h1-14H/q+1. The van der Waals surface area contributed by atoms with Gasteiger partial charge in [0, 0.05) is 11.1 Å². The Morgan fingerprint density at radius 3 is 1.50 bits per heavy atom. The van der Waals surface area contributed by atoms with Crippen LogP contribution in [0.2, 0.25) is 0 Å². The van der Waals surface area contributed by atoms with E-state index in [9.17, 15) is 4.91 Å². The molecule has 0 aromatic rings. The first-order valence-electron chi connectivity index (χ1n) is 7.60. The van der Waals surface area contributed by atoms with E-state index in [0.29, 0.717) is 11.5 Å². The smallest absolute Gasteiger partial charge is 0.144 e. The summed E-state index contributed by atoms with van der Waals surface area (Å²) in [5, 5.41) is 0.142. The fraction of sp³-hybridized carbons (Fsp3) is 0. The lowest BCUT2D eigenvalue weighted by Gasteiger charge is -1.96. The maximum Gasteiger partial charge on any atom is 0.489 e. The van der Waals surface area contributed by atoms with Gasteiger partial charge in [0.2, 0.25) is 11.5 Å². The zero-order valence-corrected chi connectivity index (χ0v) is 12.8. The van der Waals surface area contributed by atoms with Gasteiger partial charge in [-0.3, -0.25) is 0 Å². The van der Waals surface area contributed by atoms with Gasteiger partial charge in [-0.05, 0) is 23.3 Å². The summed E-state index contributed by atoms with van der Waals surface area (Å²) in [4.78, 5) is 22.7. The molecule has 0 unspecified atom stereocenters. The maximum absolute atomic E-state index is 12.1. The number of fused-ring (bicyclic) bond motifs is 2. The van der Waals surface area contributed by atoms with Crippen LogP contribution in [-0.4, -0.2) is 5.09 Å². The predicted molar refractivity (Wildman–Crippen MR) is 91.0 cm³/mol. The molecule has 0 radical (unpaired) electrons. The van der Waals surface area contributed by atoms with Crippen LogP contribution in [0.1, 0.15) is 0 Å². The zero-order valence-electron chi connectivity index (χ0n) is 12.8. The maximum atomic E-state index is 12.1. The Bertz CT molecular complexity index is 874. The van der Waals surface area contributed by atoms with Crippen molar-refractivity contribution in [3.63, 3.8) is 0 Å². The first kappa shape index (κ1) is 14.2. The van der Waals surface area contributed by atoms with Crippen LogP contribution < -0.4 is 9.68 Å². The second-order valence-electron chi connectivity index (χ2n) is 5.36. The van der Waals surface area contributed by atoms with Gasteiger partial charge >= 0.3 is 5.09 Å². The summed E-state index contributed by atoms with van der Waals surface area (Å²) in [5.41, 5.74) is 3.69. The highest BCUT2D eigenvalue weighted by atomic mass is 17.0. The summed E-state index contributed by atoms with van der Waals surface area (Å²) < 4.78 is 0. The minimum absolute atomic E-state index is 0.142. The normalized spacial score (nSPS) is 10.7. The second kappa shape index (κ2) is 6.01. The zero-order chi connectivity index (χ0) is 16.4. The second-order valence-corrected chi connectivity index (χ2v) is 5.36. The molecule has 4 rings (SSSR count). The monoisotopic (exact) mass is 316 g/mol. The van der Waals surface area contributed by atoms with Crippen molar-refractivity contribution in [3.8, 4) is 33.8 Å². The van der Waals surface area contributed by atoms with E-state index in [-0.39, 0.29) is 5.09 Å². The Morgan fingerprint density at radius 1 is 0.542 bits per heavy atom. The highest BCUT2D eigenvalue weighted by molar-refractivity contribution is 5.74. The molecule has 0 aromatic carbocycles. The van der Waals surface area contributed by atoms with Crippen LogP contribution >= 0.6 is 0 Å². The first-order valence-corrected chi connectivity index (χ1v) is 7.60. The molecule has 0 saturated carbocycles. The molecule has 0 fully saturated rings. The van der Waals surface area contributed by atoms with Crippen molar-refractivity contribution in [1.82, 2.24) is 0 Å². The highest BCUT2D eigenvalue weighted by Crippen LogP contribution is 2.35. The fourth-order valence-corrected chi connectivity index (χ4v) is 2.71. The molecule has 0 heterocycles. The molecule has 4 aliphatic carbocycles. The SMILES string of the molecule is O=[N+](Oc1ccc2cccccc1-2)Oc1ccc2cccccc1-2. The van der Waals surface area contributed by atoms with Gasteiger partial charge < -0.3 is 0 Å². The van der Waals surface area contributed by atoms with Crippen LogP contribution in [0.5, 0.6) is 11.5 Å². The fourth-order valence-electron chi connectivity index (χ4n) is 2.71. The van der Waals surface area contributed by atoms with E-state index >= 15 is 0 Å². The van der Waals surface area contributed by atoms with Gasteiger partial charge in [0.05, 0.1) is 0 Å². The van der Waals surface area contributed by atoms with Gasteiger partial charge in [-0.2, -0.15) is 0 Å². The molecule has 0 bridgehead atoms. The summed E-state index contributed by atoms with van der Waals surface area (Å²) in [6.45, 7) is 0. The minimum atomic E-state index is 0.142. The highest BCUT2D eigenvalue weighted by Gasteiger charge is 2.24. The Balaban J connectivity index is 1.55.